The van der Waals surface area contributed by atoms with Crippen LogP contribution in [0.5, 0.6) is 0 Å². The zero-order valence-corrected chi connectivity index (χ0v) is 13.0. The highest BCUT2D eigenvalue weighted by molar-refractivity contribution is 7.15. The molecule has 0 unspecified atom stereocenters. The molecule has 2 heterocycles. The van der Waals surface area contributed by atoms with Crippen LogP contribution < -0.4 is 28.4 Å². The Morgan fingerprint density at radius 3 is 2.65 bits per heavy atom. The van der Waals surface area contributed by atoms with Gasteiger partial charge in [0.25, 0.3) is 0 Å². The van der Waals surface area contributed by atoms with Crippen molar-refractivity contribution in [2.75, 3.05) is 18.1 Å². The highest BCUT2D eigenvalue weighted by Crippen LogP contribution is 2.19. The van der Waals surface area contributed by atoms with Crippen LogP contribution in [0.3, 0.4) is 0 Å². The van der Waals surface area contributed by atoms with E-state index in [1.807, 2.05) is 11.5 Å². The predicted molar refractivity (Wildman–Crippen MR) is 74.7 cm³/mol. The second-order valence-corrected chi connectivity index (χ2v) is 5.45. The summed E-state index contributed by atoms with van der Waals surface area (Å²) in [6.45, 7) is 4.46. The maximum absolute atomic E-state index is 9.03. The van der Waals surface area contributed by atoms with Gasteiger partial charge in [0, 0.05) is 19.2 Å². The minimum absolute atomic E-state index is 0. The van der Waals surface area contributed by atoms with Crippen LogP contribution in [-0.2, 0) is 13.0 Å². The van der Waals surface area contributed by atoms with Gasteiger partial charge in [-0.2, -0.15) is 0 Å². The predicted octanol–water partition coefficient (Wildman–Crippen LogP) is -2.81. The number of hydrogen-bond donors (Lipinski definition) is 3. The van der Waals surface area contributed by atoms with Crippen LogP contribution in [0.1, 0.15) is 22.0 Å². The minimum atomic E-state index is 0. The second-order valence-electron chi connectivity index (χ2n) is 4.34. The Bertz CT molecular complexity index is 602. The molecule has 0 aliphatic carbocycles. The summed E-state index contributed by atoms with van der Waals surface area (Å²) in [7, 11) is 0. The highest BCUT2D eigenvalue weighted by Gasteiger charge is 2.19. The molecule has 2 aromatic heterocycles. The largest absolute Gasteiger partial charge is 1.00 e. The van der Waals surface area contributed by atoms with E-state index in [1.165, 1.54) is 11.3 Å². The third-order valence-corrected chi connectivity index (χ3v) is 4.16. The lowest BCUT2D eigenvalue weighted by Crippen LogP contribution is -3.00. The fourth-order valence-electron chi connectivity index (χ4n) is 1.91. The molecule has 0 saturated carbocycles. The molecule has 110 valence electrons. The Labute approximate surface area is 127 Å². The molecule has 0 amide bonds. The number of aryl methyl sites for hydroxylation is 1. The molecule has 0 fully saturated rings. The van der Waals surface area contributed by atoms with Gasteiger partial charge in [-0.1, -0.05) is 11.3 Å². The van der Waals surface area contributed by atoms with Crippen molar-refractivity contribution in [2.24, 2.45) is 0 Å². The van der Waals surface area contributed by atoms with Crippen LogP contribution in [0.15, 0.2) is 6.20 Å². The molecule has 0 aliphatic heterocycles. The molecule has 0 spiro atoms. The second kappa shape index (κ2) is 6.83. The number of hydrogen-bond acceptors (Lipinski definition) is 6. The molecule has 6 nitrogen and oxygen atoms in total. The first-order valence-corrected chi connectivity index (χ1v) is 6.81. The average Bonchev–Trinajstić information content (AvgIpc) is 2.60. The van der Waals surface area contributed by atoms with Crippen molar-refractivity contribution in [1.29, 1.82) is 0 Å². The average molecular weight is 316 g/mol. The number of aliphatic hydroxyl groups is 1. The SMILES string of the molecule is Cc1ncc(C[n+]2c(N)sc(CCO)c2C)c(N)n1.[Cl-]. The van der Waals surface area contributed by atoms with Crippen molar-refractivity contribution in [1.82, 2.24) is 9.97 Å². The molecule has 0 aliphatic rings. The Balaban J connectivity index is 0.00000200. The van der Waals surface area contributed by atoms with Crippen molar-refractivity contribution in [3.63, 3.8) is 0 Å². The molecular formula is C12H18ClN5OS. The van der Waals surface area contributed by atoms with E-state index < -0.39 is 0 Å². The van der Waals surface area contributed by atoms with E-state index in [9.17, 15) is 0 Å². The van der Waals surface area contributed by atoms with E-state index in [4.69, 9.17) is 16.6 Å². The number of thiazole rings is 1. The fraction of sp³-hybridized carbons (Fsp3) is 0.417. The smallest absolute Gasteiger partial charge is 0.332 e. The molecule has 0 atom stereocenters. The van der Waals surface area contributed by atoms with E-state index in [2.05, 4.69) is 9.97 Å². The van der Waals surface area contributed by atoms with Gasteiger partial charge in [0.15, 0.2) is 0 Å². The molecule has 2 aromatic rings. The Morgan fingerprint density at radius 1 is 1.35 bits per heavy atom. The topological polar surface area (TPSA) is 102 Å². The summed E-state index contributed by atoms with van der Waals surface area (Å²) in [5.74, 6) is 1.14. The highest BCUT2D eigenvalue weighted by atomic mass is 35.5. The zero-order chi connectivity index (χ0) is 14.0. The number of halogens is 1. The van der Waals surface area contributed by atoms with E-state index >= 15 is 0 Å². The van der Waals surface area contributed by atoms with Gasteiger partial charge >= 0.3 is 5.13 Å². The maximum Gasteiger partial charge on any atom is 0.332 e. The molecule has 0 radical (unpaired) electrons. The summed E-state index contributed by atoms with van der Waals surface area (Å²) in [5, 5.41) is 9.72. The quantitative estimate of drug-likeness (QED) is 0.529. The first-order valence-electron chi connectivity index (χ1n) is 5.99. The van der Waals surface area contributed by atoms with Crippen LogP contribution in [0.25, 0.3) is 0 Å². The van der Waals surface area contributed by atoms with Crippen LogP contribution >= 0.6 is 11.3 Å². The van der Waals surface area contributed by atoms with Crippen LogP contribution in [0.4, 0.5) is 10.9 Å². The lowest BCUT2D eigenvalue weighted by atomic mass is 10.2. The van der Waals surface area contributed by atoms with Crippen LogP contribution in [0.2, 0.25) is 0 Å². The Hall–Kier alpha value is -1.44. The maximum atomic E-state index is 9.03. The van der Waals surface area contributed by atoms with Gasteiger partial charge in [-0.05, 0) is 13.8 Å². The number of anilines is 2. The molecule has 5 N–H and O–H groups in total. The van der Waals surface area contributed by atoms with Crippen molar-refractivity contribution < 1.29 is 22.1 Å². The van der Waals surface area contributed by atoms with Crippen molar-refractivity contribution in [3.05, 3.63) is 28.2 Å². The van der Waals surface area contributed by atoms with Crippen LogP contribution in [0, 0.1) is 13.8 Å². The number of nitrogens with zero attached hydrogens (tertiary/aromatic N) is 3. The normalized spacial score (nSPS) is 10.3. The summed E-state index contributed by atoms with van der Waals surface area (Å²) < 4.78 is 1.97. The molecule has 20 heavy (non-hydrogen) atoms. The molecular weight excluding hydrogens is 298 g/mol. The van der Waals surface area contributed by atoms with Gasteiger partial charge in [0.05, 0.1) is 10.4 Å². The van der Waals surface area contributed by atoms with Gasteiger partial charge in [-0.25, -0.2) is 14.5 Å². The van der Waals surface area contributed by atoms with Gasteiger partial charge in [-0.3, -0.25) is 5.73 Å². The molecule has 8 heteroatoms. The molecule has 2 rings (SSSR count). The van der Waals surface area contributed by atoms with E-state index in [0.29, 0.717) is 29.7 Å². The summed E-state index contributed by atoms with van der Waals surface area (Å²) in [5.41, 5.74) is 13.8. The lowest BCUT2D eigenvalue weighted by Gasteiger charge is -2.05. The number of nitrogens with two attached hydrogens (primary N) is 2. The van der Waals surface area contributed by atoms with Crippen molar-refractivity contribution in [3.8, 4) is 0 Å². The molecule has 0 saturated heterocycles. The Kier molecular flexibility index (Phi) is 5.67. The number of aliphatic hydroxyl groups excluding tert-OH is 1. The Morgan fingerprint density at radius 2 is 2.05 bits per heavy atom. The van der Waals surface area contributed by atoms with Gasteiger partial charge in [0.2, 0.25) is 0 Å². The summed E-state index contributed by atoms with van der Waals surface area (Å²) >= 11 is 1.49. The monoisotopic (exact) mass is 315 g/mol. The van der Waals surface area contributed by atoms with Gasteiger partial charge < -0.3 is 23.2 Å². The standard InChI is InChI=1S/C12H17N5OS.ClH/c1-7-10(3-4-18)19-12(14)17(7)6-9-5-15-8(2)16-11(9)13;/h5,14,18H,3-4,6H2,1-2H3,(H2,13,15,16);1H. The first-order chi connectivity index (χ1) is 9.02. The lowest BCUT2D eigenvalue weighted by molar-refractivity contribution is -0.676. The first kappa shape index (κ1) is 16.6. The number of nitrogen functional groups attached to an aromatic ring is 2. The van der Waals surface area contributed by atoms with Crippen molar-refractivity contribution >= 4 is 22.3 Å². The van der Waals surface area contributed by atoms with E-state index in [0.717, 1.165) is 16.1 Å². The van der Waals surface area contributed by atoms with Gasteiger partial charge in [0.1, 0.15) is 23.9 Å². The van der Waals surface area contributed by atoms with Gasteiger partial charge in [-0.15, -0.1) is 0 Å². The zero-order valence-electron chi connectivity index (χ0n) is 11.4. The fourth-order valence-corrected chi connectivity index (χ4v) is 2.92. The van der Waals surface area contributed by atoms with Crippen LogP contribution in [-0.4, -0.2) is 21.7 Å². The minimum Gasteiger partial charge on any atom is -1.00 e. The summed E-state index contributed by atoms with van der Waals surface area (Å²) in [6.07, 6.45) is 2.35. The molecule has 0 aromatic carbocycles. The third-order valence-electron chi connectivity index (χ3n) is 2.99. The summed E-state index contributed by atoms with van der Waals surface area (Å²) in [4.78, 5) is 9.39. The number of aromatic nitrogens is 3. The molecule has 0 bridgehead atoms. The summed E-state index contributed by atoms with van der Waals surface area (Å²) in [6, 6.07) is 0. The third kappa shape index (κ3) is 3.36. The number of rotatable bonds is 4. The van der Waals surface area contributed by atoms with E-state index in [1.54, 1.807) is 13.1 Å². The van der Waals surface area contributed by atoms with E-state index in [-0.39, 0.29) is 19.0 Å². The van der Waals surface area contributed by atoms with Crippen molar-refractivity contribution in [2.45, 2.75) is 26.8 Å².